The summed E-state index contributed by atoms with van der Waals surface area (Å²) in [6.07, 6.45) is -2.65. The summed E-state index contributed by atoms with van der Waals surface area (Å²) >= 11 is 1.86. The fourth-order valence-electron chi connectivity index (χ4n) is 8.48. The number of carboxylic acid groups (broad SMARTS) is 1. The van der Waals surface area contributed by atoms with Gasteiger partial charge in [-0.2, -0.15) is 17.0 Å². The van der Waals surface area contributed by atoms with Gasteiger partial charge in [-0.1, -0.05) is 43.5 Å². The van der Waals surface area contributed by atoms with Crippen LogP contribution in [-0.4, -0.2) is 213 Å². The summed E-state index contributed by atoms with van der Waals surface area (Å²) in [6, 6.07) is 5.48. The fourth-order valence-corrected chi connectivity index (χ4v) is 10.0. The number of aliphatic carboxylic acids is 1. The standard InChI is InChI=1S/C46H71N11O16S/c58-26-38(65)52-40-31(59)24-46(44(67)68,73-42(40)41(66)32(60)25-50-37(64)23-28-10-12-29(13-11-28)43-54-56-57-55-43)72-18-6-2-1-3-8-34(61)48-16-21-71-22-17-49-36(63)14-19-70-20-15-47-35(62)9-5-4-7-33-39-30(27-74-33)51-45(69)53-39/h10-13,30-33,39-42,58-60,66H,1-9,14-27H2,(H,47,62)(H,48,61)(H,49,63)(H,50,64)(H,52,65)(H,67,68)(H2,51,53,69)(H,54,55,56,57)/t30-,31+,32-,33-,39-,40-,41-,42-,46-/m1/s1. The van der Waals surface area contributed by atoms with Crippen LogP contribution >= 0.6 is 11.8 Å². The second-order valence-corrected chi connectivity index (χ2v) is 19.3. The Morgan fingerprint density at radius 2 is 1.45 bits per heavy atom. The van der Waals surface area contributed by atoms with Crippen LogP contribution in [0.5, 0.6) is 0 Å². The molecule has 13 N–H and O–H groups in total. The maximum absolute atomic E-state index is 12.7. The molecule has 1 aromatic heterocycles. The second-order valence-electron chi connectivity index (χ2n) is 18.0. The van der Waals surface area contributed by atoms with Crippen molar-refractivity contribution in [3.05, 3.63) is 29.8 Å². The Hall–Kier alpha value is -5.59. The first-order chi connectivity index (χ1) is 35.7. The molecule has 3 aliphatic rings. The number of hydrogen-bond donors (Lipinski definition) is 13. The van der Waals surface area contributed by atoms with E-state index in [1.165, 1.54) is 0 Å². The highest BCUT2D eigenvalue weighted by molar-refractivity contribution is 8.00. The normalized spacial score (nSPS) is 22.9. The molecule has 4 heterocycles. The summed E-state index contributed by atoms with van der Waals surface area (Å²) in [7, 11) is 0. The monoisotopic (exact) mass is 1070 g/mol. The summed E-state index contributed by atoms with van der Waals surface area (Å²) in [5.74, 6) is -4.84. The molecule has 7 amide bonds. The molecule has 27 nitrogen and oxygen atoms in total. The number of ether oxygens (including phenoxy) is 4. The maximum atomic E-state index is 12.7. The molecule has 0 bridgehead atoms. The van der Waals surface area contributed by atoms with Crippen molar-refractivity contribution in [2.45, 2.75) is 131 Å². The van der Waals surface area contributed by atoms with Crippen LogP contribution in [0.1, 0.15) is 76.2 Å². The number of carbonyl (C=O) groups is 7. The van der Waals surface area contributed by atoms with Crippen molar-refractivity contribution < 1.29 is 78.0 Å². The van der Waals surface area contributed by atoms with Crippen LogP contribution in [0, 0.1) is 0 Å². The Labute approximate surface area is 431 Å². The number of carboxylic acids is 1. The molecule has 0 saturated carbocycles. The van der Waals surface area contributed by atoms with Crippen LogP contribution in [0.15, 0.2) is 24.3 Å². The molecule has 3 fully saturated rings. The van der Waals surface area contributed by atoms with E-state index in [0.717, 1.165) is 25.0 Å². The lowest BCUT2D eigenvalue weighted by atomic mass is 9.88. The van der Waals surface area contributed by atoms with E-state index in [2.05, 4.69) is 57.8 Å². The third kappa shape index (κ3) is 19.6. The fraction of sp³-hybridized carbons (Fsp3) is 0.696. The number of nitrogens with zero attached hydrogens (tertiary/aromatic N) is 3. The van der Waals surface area contributed by atoms with Crippen LogP contribution in [0.25, 0.3) is 11.4 Å². The van der Waals surface area contributed by atoms with E-state index in [0.29, 0.717) is 60.9 Å². The highest BCUT2D eigenvalue weighted by Gasteiger charge is 2.56. The summed E-state index contributed by atoms with van der Waals surface area (Å²) < 4.78 is 22.4. The zero-order chi connectivity index (χ0) is 53.3. The molecule has 28 heteroatoms. The molecule has 2 aromatic rings. The lowest BCUT2D eigenvalue weighted by Crippen LogP contribution is -2.68. The topological polar surface area (TPSA) is 396 Å². The Balaban J connectivity index is 0.867. The molecule has 5 rings (SSSR count). The Morgan fingerprint density at radius 3 is 2.09 bits per heavy atom. The number of aromatic amines is 1. The summed E-state index contributed by atoms with van der Waals surface area (Å²) in [4.78, 5) is 85.6. The smallest absolute Gasteiger partial charge is 0.364 e. The molecule has 3 aliphatic heterocycles. The number of unbranched alkanes of at least 4 members (excludes halogenated alkanes) is 4. The molecule has 1 aromatic carbocycles. The number of tetrazole rings is 1. The molecule has 0 radical (unpaired) electrons. The molecule has 3 saturated heterocycles. The molecule has 74 heavy (non-hydrogen) atoms. The first-order valence-corrected chi connectivity index (χ1v) is 26.0. The average Bonchev–Trinajstić information content (AvgIpc) is 4.15. The summed E-state index contributed by atoms with van der Waals surface area (Å²) in [5.41, 5.74) is 1.26. The van der Waals surface area contributed by atoms with E-state index >= 15 is 0 Å². The van der Waals surface area contributed by atoms with Crippen molar-refractivity contribution in [2.75, 3.05) is 71.6 Å². The molecule has 0 aliphatic carbocycles. The lowest BCUT2D eigenvalue weighted by molar-refractivity contribution is -0.310. The van der Waals surface area contributed by atoms with Crippen molar-refractivity contribution in [3.8, 4) is 11.4 Å². The highest BCUT2D eigenvalue weighted by atomic mass is 32.2. The number of urea groups is 1. The quantitative estimate of drug-likeness (QED) is 0.0244. The largest absolute Gasteiger partial charge is 0.477 e. The number of amides is 7. The van der Waals surface area contributed by atoms with Crippen molar-refractivity contribution in [3.63, 3.8) is 0 Å². The molecule has 0 unspecified atom stereocenters. The minimum atomic E-state index is -2.51. The maximum Gasteiger partial charge on any atom is 0.364 e. The second kappa shape index (κ2) is 31.3. The SMILES string of the molecule is O=C(CCCCCCO[C@]1(C(=O)O)C[C@H](O)[C@@H](NC(=O)CO)[C@H]([C@H](O)[C@H](O)CNC(=O)Cc2ccc(-c3nn[nH]n3)cc2)O1)NCCOCCNC(=O)CCOCCNC(=O)CCCC[C@H]1SC[C@H]2NC(=O)N[C@H]21. The van der Waals surface area contributed by atoms with Crippen molar-refractivity contribution >= 4 is 53.3 Å². The van der Waals surface area contributed by atoms with Gasteiger partial charge in [-0.05, 0) is 36.5 Å². The number of aromatic nitrogens is 4. The van der Waals surface area contributed by atoms with Gasteiger partial charge in [0, 0.05) is 68.4 Å². The Bertz CT molecular complexity index is 2100. The van der Waals surface area contributed by atoms with Crippen LogP contribution in [0.2, 0.25) is 0 Å². The van der Waals surface area contributed by atoms with Crippen molar-refractivity contribution in [1.82, 2.24) is 57.8 Å². The first-order valence-electron chi connectivity index (χ1n) is 24.9. The number of aliphatic hydroxyl groups is 4. The van der Waals surface area contributed by atoms with E-state index < -0.39 is 73.6 Å². The van der Waals surface area contributed by atoms with E-state index in [9.17, 15) is 59.1 Å². The van der Waals surface area contributed by atoms with Crippen LogP contribution < -0.4 is 37.2 Å². The predicted molar refractivity (Wildman–Crippen MR) is 261 cm³/mol. The number of fused-ring (bicyclic) bond motifs is 1. The zero-order valence-electron chi connectivity index (χ0n) is 41.2. The van der Waals surface area contributed by atoms with Gasteiger partial charge in [0.2, 0.25) is 35.4 Å². The molecular weight excluding hydrogens is 995 g/mol. The van der Waals surface area contributed by atoms with Gasteiger partial charge in [-0.3, -0.25) is 24.0 Å². The van der Waals surface area contributed by atoms with Crippen molar-refractivity contribution in [2.24, 2.45) is 0 Å². The number of hydrogen-bond acceptors (Lipinski definition) is 19. The Kier molecular flexibility index (Phi) is 25.1. The summed E-state index contributed by atoms with van der Waals surface area (Å²) in [5, 5.41) is 85.7. The molecular formula is C46H71N11O16S. The predicted octanol–water partition coefficient (Wildman–Crippen LogP) is -2.88. The van der Waals surface area contributed by atoms with Gasteiger partial charge < -0.3 is 81.7 Å². The summed E-state index contributed by atoms with van der Waals surface area (Å²) in [6.45, 7) is 0.150. The van der Waals surface area contributed by atoms with Crippen molar-refractivity contribution in [1.29, 1.82) is 0 Å². The molecule has 412 valence electrons. The molecule has 9 atom stereocenters. The van der Waals surface area contributed by atoms with Gasteiger partial charge in [0.15, 0.2) is 0 Å². The average molecular weight is 1070 g/mol. The van der Waals surface area contributed by atoms with E-state index in [-0.39, 0.29) is 101 Å². The van der Waals surface area contributed by atoms with E-state index in [1.54, 1.807) is 24.3 Å². The lowest BCUT2D eigenvalue weighted by Gasteiger charge is -2.46. The number of rotatable bonds is 35. The minimum Gasteiger partial charge on any atom is -0.477 e. The minimum absolute atomic E-state index is 0.0492. The van der Waals surface area contributed by atoms with Crippen LogP contribution in [-0.2, 0) is 54.1 Å². The van der Waals surface area contributed by atoms with Gasteiger partial charge in [-0.15, -0.1) is 10.2 Å². The van der Waals surface area contributed by atoms with Gasteiger partial charge in [0.05, 0.1) is 69.8 Å². The van der Waals surface area contributed by atoms with E-state index in [1.807, 2.05) is 11.8 Å². The molecule has 0 spiro atoms. The van der Waals surface area contributed by atoms with Gasteiger partial charge in [0.1, 0.15) is 18.8 Å². The number of benzene rings is 1. The first kappa shape index (κ1) is 59.3. The van der Waals surface area contributed by atoms with Crippen LogP contribution in [0.4, 0.5) is 4.79 Å². The number of H-pyrrole nitrogens is 1. The van der Waals surface area contributed by atoms with Gasteiger partial charge >= 0.3 is 12.0 Å². The Morgan fingerprint density at radius 1 is 0.797 bits per heavy atom. The van der Waals surface area contributed by atoms with E-state index in [4.69, 9.17) is 18.9 Å². The third-order valence-corrected chi connectivity index (χ3v) is 13.9. The highest BCUT2D eigenvalue weighted by Crippen LogP contribution is 2.35. The third-order valence-electron chi connectivity index (χ3n) is 12.4. The number of nitrogens with one attached hydrogen (secondary N) is 8. The number of carbonyl (C=O) groups excluding carboxylic acids is 6. The van der Waals surface area contributed by atoms with Gasteiger partial charge in [0.25, 0.3) is 5.79 Å². The zero-order valence-corrected chi connectivity index (χ0v) is 42.0. The number of aliphatic hydroxyl groups excluding tert-OH is 4. The van der Waals surface area contributed by atoms with Gasteiger partial charge in [-0.25, -0.2) is 9.59 Å². The van der Waals surface area contributed by atoms with Crippen LogP contribution in [0.3, 0.4) is 0 Å². The number of thioether (sulfide) groups is 1.